The SMILES string of the molecule is O=C(N[C@@H]1C[C@H]2CCN(C2)C1)c1ccc2ccc(O)cc2c1. The summed E-state index contributed by atoms with van der Waals surface area (Å²) in [6.07, 6.45) is 2.36. The maximum Gasteiger partial charge on any atom is 0.251 e. The minimum absolute atomic E-state index is 0.0160. The number of carbonyl (C=O) groups is 1. The Bertz CT molecular complexity index is 716. The van der Waals surface area contributed by atoms with Gasteiger partial charge in [0, 0.05) is 24.7 Å². The minimum atomic E-state index is -0.0160. The van der Waals surface area contributed by atoms with Crippen LogP contribution < -0.4 is 5.32 Å². The van der Waals surface area contributed by atoms with Crippen LogP contribution in [-0.4, -0.2) is 41.6 Å². The van der Waals surface area contributed by atoms with Crippen molar-refractivity contribution in [2.75, 3.05) is 19.6 Å². The molecular formula is C18H20N2O2. The van der Waals surface area contributed by atoms with Crippen LogP contribution in [0.2, 0.25) is 0 Å². The Morgan fingerprint density at radius 2 is 2.00 bits per heavy atom. The van der Waals surface area contributed by atoms with Crippen molar-refractivity contribution in [3.63, 3.8) is 0 Å². The van der Waals surface area contributed by atoms with Gasteiger partial charge in [-0.1, -0.05) is 12.1 Å². The van der Waals surface area contributed by atoms with Gasteiger partial charge in [0.1, 0.15) is 5.75 Å². The standard InChI is InChI=1S/C18H20N2O2/c21-17-4-3-13-1-2-14(8-15(13)9-17)18(22)19-16-7-12-5-6-20(10-12)11-16/h1-4,8-9,12,16,21H,5-7,10-11H2,(H,19,22)/t12-,16-/m1/s1. The van der Waals surface area contributed by atoms with E-state index in [-0.39, 0.29) is 17.7 Å². The number of nitrogens with one attached hydrogen (secondary N) is 1. The Hall–Kier alpha value is -2.07. The highest BCUT2D eigenvalue weighted by Crippen LogP contribution is 2.27. The summed E-state index contributed by atoms with van der Waals surface area (Å²) in [4.78, 5) is 14.9. The molecule has 2 aromatic rings. The van der Waals surface area contributed by atoms with Gasteiger partial charge >= 0.3 is 0 Å². The maximum absolute atomic E-state index is 12.5. The molecule has 4 heteroatoms. The van der Waals surface area contributed by atoms with Gasteiger partial charge in [0.25, 0.3) is 5.91 Å². The van der Waals surface area contributed by atoms with Crippen molar-refractivity contribution in [2.24, 2.45) is 5.92 Å². The van der Waals surface area contributed by atoms with E-state index in [0.717, 1.165) is 29.7 Å². The van der Waals surface area contributed by atoms with Gasteiger partial charge in [-0.05, 0) is 60.3 Å². The number of phenolic OH excluding ortho intramolecular Hbond substituents is 1. The predicted molar refractivity (Wildman–Crippen MR) is 86.0 cm³/mol. The average molecular weight is 296 g/mol. The van der Waals surface area contributed by atoms with Gasteiger partial charge in [-0.2, -0.15) is 0 Å². The quantitative estimate of drug-likeness (QED) is 0.894. The van der Waals surface area contributed by atoms with Crippen LogP contribution in [0.4, 0.5) is 0 Å². The van der Waals surface area contributed by atoms with Crippen LogP contribution in [0, 0.1) is 5.92 Å². The zero-order valence-corrected chi connectivity index (χ0v) is 12.5. The fourth-order valence-corrected chi connectivity index (χ4v) is 3.81. The van der Waals surface area contributed by atoms with Crippen molar-refractivity contribution in [2.45, 2.75) is 18.9 Å². The predicted octanol–water partition coefficient (Wildman–Crippen LogP) is 2.37. The van der Waals surface area contributed by atoms with Crippen LogP contribution in [0.5, 0.6) is 5.75 Å². The molecule has 3 atom stereocenters. The molecule has 22 heavy (non-hydrogen) atoms. The van der Waals surface area contributed by atoms with Gasteiger partial charge in [-0.25, -0.2) is 0 Å². The molecule has 0 aliphatic carbocycles. The van der Waals surface area contributed by atoms with Gasteiger partial charge in [0.2, 0.25) is 0 Å². The van der Waals surface area contributed by atoms with Gasteiger partial charge in [0.05, 0.1) is 0 Å². The van der Waals surface area contributed by atoms with Crippen molar-refractivity contribution in [3.05, 3.63) is 42.0 Å². The van der Waals surface area contributed by atoms with Gasteiger partial charge < -0.3 is 15.3 Å². The molecule has 2 aliphatic heterocycles. The summed E-state index contributed by atoms with van der Waals surface area (Å²) in [6.45, 7) is 3.34. The highest BCUT2D eigenvalue weighted by Gasteiger charge is 2.32. The first-order valence-electron chi connectivity index (χ1n) is 7.93. The highest BCUT2D eigenvalue weighted by atomic mass is 16.3. The van der Waals surface area contributed by atoms with Gasteiger partial charge in [-0.3, -0.25) is 4.79 Å². The third kappa shape index (κ3) is 2.55. The van der Waals surface area contributed by atoms with E-state index in [1.807, 2.05) is 24.3 Å². The van der Waals surface area contributed by atoms with Gasteiger partial charge in [0.15, 0.2) is 0 Å². The molecule has 0 saturated carbocycles. The third-order valence-corrected chi connectivity index (χ3v) is 4.89. The summed E-state index contributed by atoms with van der Waals surface area (Å²) >= 11 is 0. The lowest BCUT2D eigenvalue weighted by Gasteiger charge is -2.30. The molecule has 2 N–H and O–H groups in total. The molecule has 2 aromatic carbocycles. The lowest BCUT2D eigenvalue weighted by atomic mass is 9.96. The van der Waals surface area contributed by atoms with Crippen LogP contribution in [-0.2, 0) is 0 Å². The van der Waals surface area contributed by atoms with Crippen molar-refractivity contribution < 1.29 is 9.90 Å². The molecule has 2 saturated heterocycles. The smallest absolute Gasteiger partial charge is 0.251 e. The Balaban J connectivity index is 1.52. The Morgan fingerprint density at radius 3 is 2.86 bits per heavy atom. The fourth-order valence-electron chi connectivity index (χ4n) is 3.81. The van der Waals surface area contributed by atoms with E-state index in [9.17, 15) is 9.90 Å². The van der Waals surface area contributed by atoms with E-state index in [1.165, 1.54) is 19.5 Å². The molecule has 2 aliphatic rings. The summed E-state index contributed by atoms with van der Waals surface area (Å²) in [5.74, 6) is 0.951. The number of nitrogens with zero attached hydrogens (tertiary/aromatic N) is 1. The first-order valence-corrected chi connectivity index (χ1v) is 7.93. The van der Waals surface area contributed by atoms with Crippen LogP contribution in [0.3, 0.4) is 0 Å². The van der Waals surface area contributed by atoms with Crippen molar-refractivity contribution in [3.8, 4) is 5.75 Å². The Kier molecular flexibility index (Phi) is 3.26. The zero-order valence-electron chi connectivity index (χ0n) is 12.5. The lowest BCUT2D eigenvalue weighted by Crippen LogP contribution is -2.47. The maximum atomic E-state index is 12.5. The molecule has 0 radical (unpaired) electrons. The second-order valence-electron chi connectivity index (χ2n) is 6.57. The normalized spacial score (nSPS) is 27.0. The summed E-state index contributed by atoms with van der Waals surface area (Å²) in [5.41, 5.74) is 0.658. The molecule has 114 valence electrons. The second kappa shape index (κ2) is 5.29. The summed E-state index contributed by atoms with van der Waals surface area (Å²) in [7, 11) is 0. The summed E-state index contributed by atoms with van der Waals surface area (Å²) in [5, 5.41) is 14.7. The Morgan fingerprint density at radius 1 is 1.14 bits per heavy atom. The molecule has 1 amide bonds. The number of benzene rings is 2. The number of amides is 1. The second-order valence-corrected chi connectivity index (χ2v) is 6.57. The molecule has 4 rings (SSSR count). The number of aromatic hydroxyl groups is 1. The molecule has 2 heterocycles. The molecule has 0 spiro atoms. The van der Waals surface area contributed by atoms with Crippen LogP contribution in [0.1, 0.15) is 23.2 Å². The van der Waals surface area contributed by atoms with E-state index in [0.29, 0.717) is 5.56 Å². The van der Waals surface area contributed by atoms with E-state index < -0.39 is 0 Å². The zero-order chi connectivity index (χ0) is 15.1. The fraction of sp³-hybridized carbons (Fsp3) is 0.389. The number of piperidine rings is 1. The largest absolute Gasteiger partial charge is 0.508 e. The van der Waals surface area contributed by atoms with Crippen LogP contribution in [0.25, 0.3) is 10.8 Å². The number of rotatable bonds is 2. The summed E-state index contributed by atoms with van der Waals surface area (Å²) < 4.78 is 0. The molecule has 1 unspecified atom stereocenters. The van der Waals surface area contributed by atoms with Crippen LogP contribution in [0.15, 0.2) is 36.4 Å². The summed E-state index contributed by atoms with van der Waals surface area (Å²) in [6, 6.07) is 11.1. The Labute approximate surface area is 129 Å². The molecule has 2 fully saturated rings. The van der Waals surface area contributed by atoms with Gasteiger partial charge in [-0.15, -0.1) is 0 Å². The van der Waals surface area contributed by atoms with E-state index in [2.05, 4.69) is 10.2 Å². The van der Waals surface area contributed by atoms with Crippen molar-refractivity contribution >= 4 is 16.7 Å². The number of hydrogen-bond donors (Lipinski definition) is 2. The first kappa shape index (κ1) is 13.6. The third-order valence-electron chi connectivity index (χ3n) is 4.89. The average Bonchev–Trinajstić information content (AvgIpc) is 2.85. The molecule has 2 bridgehead atoms. The van der Waals surface area contributed by atoms with Crippen molar-refractivity contribution in [1.82, 2.24) is 10.2 Å². The molecular weight excluding hydrogens is 276 g/mol. The number of phenols is 1. The van der Waals surface area contributed by atoms with E-state index in [4.69, 9.17) is 0 Å². The first-order chi connectivity index (χ1) is 10.7. The highest BCUT2D eigenvalue weighted by molar-refractivity contribution is 5.99. The van der Waals surface area contributed by atoms with Crippen LogP contribution >= 0.6 is 0 Å². The van der Waals surface area contributed by atoms with E-state index >= 15 is 0 Å². The number of hydrogen-bond acceptors (Lipinski definition) is 3. The molecule has 0 aromatic heterocycles. The minimum Gasteiger partial charge on any atom is -0.508 e. The van der Waals surface area contributed by atoms with E-state index in [1.54, 1.807) is 12.1 Å². The monoisotopic (exact) mass is 296 g/mol. The number of carbonyl (C=O) groups excluding carboxylic acids is 1. The van der Waals surface area contributed by atoms with Crippen molar-refractivity contribution in [1.29, 1.82) is 0 Å². The topological polar surface area (TPSA) is 52.6 Å². The lowest BCUT2D eigenvalue weighted by molar-refractivity contribution is 0.0909. The molecule has 4 nitrogen and oxygen atoms in total. The number of fused-ring (bicyclic) bond motifs is 3.